The van der Waals surface area contributed by atoms with Crippen LogP contribution in [-0.2, 0) is 4.74 Å². The number of rotatable bonds is 0. The van der Waals surface area contributed by atoms with Gasteiger partial charge >= 0.3 is 6.09 Å². The van der Waals surface area contributed by atoms with Gasteiger partial charge in [0.25, 0.3) is 0 Å². The third-order valence-electron chi connectivity index (χ3n) is 1.48. The summed E-state index contributed by atoms with van der Waals surface area (Å²) in [5.41, 5.74) is 4.26. The van der Waals surface area contributed by atoms with E-state index < -0.39 is 11.7 Å². The highest BCUT2D eigenvalue weighted by molar-refractivity contribution is 7.81. The molecular formula is C9H19NO2S. The van der Waals surface area contributed by atoms with Gasteiger partial charge in [-0.15, -0.1) is 0 Å². The molecule has 0 aliphatic heterocycles. The third kappa shape index (κ3) is 9.53. The molecule has 0 radical (unpaired) electrons. The maximum absolute atomic E-state index is 10.0. The zero-order valence-corrected chi connectivity index (χ0v) is 9.43. The van der Waals surface area contributed by atoms with E-state index in [4.69, 9.17) is 5.73 Å². The standard InChI is InChI=1S/C5H11NO2.C4H8S/c1-5(2,3)8-4(6)7;5-4-2-1-3-4/h1-3H3,(H2,6,7);4-5H,1-3H2. The van der Waals surface area contributed by atoms with Crippen LogP contribution in [0.4, 0.5) is 4.79 Å². The molecule has 0 aromatic rings. The predicted octanol–water partition coefficient (Wildman–Crippen LogP) is 2.35. The van der Waals surface area contributed by atoms with Crippen molar-refractivity contribution < 1.29 is 9.53 Å². The van der Waals surface area contributed by atoms with Gasteiger partial charge in [0.05, 0.1) is 0 Å². The number of hydrogen-bond acceptors (Lipinski definition) is 3. The molecule has 1 aliphatic carbocycles. The van der Waals surface area contributed by atoms with E-state index in [-0.39, 0.29) is 0 Å². The molecule has 0 heterocycles. The first kappa shape index (κ1) is 12.6. The average molecular weight is 205 g/mol. The molecule has 1 amide bonds. The van der Waals surface area contributed by atoms with Crippen LogP contribution in [0.1, 0.15) is 40.0 Å². The van der Waals surface area contributed by atoms with Gasteiger partial charge in [0.15, 0.2) is 0 Å². The maximum atomic E-state index is 10.0. The first-order chi connectivity index (χ1) is 5.81. The third-order valence-corrected chi connectivity index (χ3v) is 2.00. The van der Waals surface area contributed by atoms with Crippen LogP contribution in [0.5, 0.6) is 0 Å². The largest absolute Gasteiger partial charge is 0.444 e. The summed E-state index contributed by atoms with van der Waals surface area (Å²) < 4.78 is 4.58. The van der Waals surface area contributed by atoms with Crippen molar-refractivity contribution in [1.82, 2.24) is 0 Å². The minimum atomic E-state index is -0.725. The number of nitrogens with two attached hydrogens (primary N) is 1. The minimum Gasteiger partial charge on any atom is -0.444 e. The first-order valence-corrected chi connectivity index (χ1v) is 4.99. The maximum Gasteiger partial charge on any atom is 0.405 e. The number of carbonyl (C=O) groups is 1. The lowest BCUT2D eigenvalue weighted by molar-refractivity contribution is 0.0600. The Morgan fingerprint density at radius 3 is 1.85 bits per heavy atom. The second-order valence-electron chi connectivity index (χ2n) is 4.12. The Balaban J connectivity index is 0.000000243. The Hall–Kier alpha value is -0.380. The Bertz CT molecular complexity index is 161. The van der Waals surface area contributed by atoms with Crippen molar-refractivity contribution in [2.24, 2.45) is 5.73 Å². The van der Waals surface area contributed by atoms with Crippen LogP contribution < -0.4 is 5.73 Å². The van der Waals surface area contributed by atoms with E-state index in [0.29, 0.717) is 0 Å². The summed E-state index contributed by atoms with van der Waals surface area (Å²) in [4.78, 5) is 10.0. The molecule has 2 N–H and O–H groups in total. The zero-order valence-electron chi connectivity index (χ0n) is 8.54. The van der Waals surface area contributed by atoms with E-state index in [2.05, 4.69) is 17.4 Å². The number of carbonyl (C=O) groups excluding carboxylic acids is 1. The highest BCUT2D eigenvalue weighted by atomic mass is 32.1. The highest BCUT2D eigenvalue weighted by Gasteiger charge is 2.12. The fourth-order valence-electron chi connectivity index (χ4n) is 0.688. The number of ether oxygens (including phenoxy) is 1. The van der Waals surface area contributed by atoms with Gasteiger partial charge in [-0.3, -0.25) is 0 Å². The summed E-state index contributed by atoms with van der Waals surface area (Å²) in [7, 11) is 0. The van der Waals surface area contributed by atoms with Crippen LogP contribution in [0.3, 0.4) is 0 Å². The Morgan fingerprint density at radius 1 is 1.46 bits per heavy atom. The van der Waals surface area contributed by atoms with E-state index in [1.54, 1.807) is 20.8 Å². The zero-order chi connectivity index (χ0) is 10.5. The van der Waals surface area contributed by atoms with Crippen LogP contribution in [-0.4, -0.2) is 16.9 Å². The molecule has 0 aromatic heterocycles. The topological polar surface area (TPSA) is 52.3 Å². The van der Waals surface area contributed by atoms with E-state index in [0.717, 1.165) is 5.25 Å². The van der Waals surface area contributed by atoms with E-state index in [9.17, 15) is 4.79 Å². The van der Waals surface area contributed by atoms with E-state index >= 15 is 0 Å². The molecule has 0 unspecified atom stereocenters. The van der Waals surface area contributed by atoms with Crippen molar-refractivity contribution in [2.45, 2.75) is 50.9 Å². The summed E-state index contributed by atoms with van der Waals surface area (Å²) in [5.74, 6) is 0. The van der Waals surface area contributed by atoms with Crippen LogP contribution in [0.2, 0.25) is 0 Å². The van der Waals surface area contributed by atoms with Crippen LogP contribution >= 0.6 is 12.6 Å². The highest BCUT2D eigenvalue weighted by Crippen LogP contribution is 2.22. The lowest BCUT2D eigenvalue weighted by Crippen LogP contribution is -2.27. The molecule has 0 bridgehead atoms. The number of hydrogen-bond donors (Lipinski definition) is 2. The Morgan fingerprint density at radius 2 is 1.85 bits per heavy atom. The van der Waals surface area contributed by atoms with Crippen LogP contribution in [0.15, 0.2) is 0 Å². The fourth-order valence-corrected chi connectivity index (χ4v) is 1.05. The Labute approximate surface area is 85.4 Å². The Kier molecular flexibility index (Phi) is 5.21. The molecule has 0 aromatic carbocycles. The molecule has 13 heavy (non-hydrogen) atoms. The van der Waals surface area contributed by atoms with Crippen molar-refractivity contribution >= 4 is 18.7 Å². The van der Waals surface area contributed by atoms with Crippen molar-refractivity contribution in [2.75, 3.05) is 0 Å². The van der Waals surface area contributed by atoms with Crippen molar-refractivity contribution in [3.63, 3.8) is 0 Å². The second kappa shape index (κ2) is 5.37. The summed E-state index contributed by atoms with van der Waals surface area (Å²) in [5, 5.41) is 0.759. The van der Waals surface area contributed by atoms with Gasteiger partial charge in [-0.25, -0.2) is 4.79 Å². The molecular weight excluding hydrogens is 186 g/mol. The van der Waals surface area contributed by atoms with Gasteiger partial charge < -0.3 is 10.5 Å². The summed E-state index contributed by atoms with van der Waals surface area (Å²) in [6.45, 7) is 5.28. The number of amides is 1. The van der Waals surface area contributed by atoms with Crippen LogP contribution in [0.25, 0.3) is 0 Å². The summed E-state index contributed by atoms with van der Waals surface area (Å²) >= 11 is 4.18. The second-order valence-corrected chi connectivity index (χ2v) is 4.85. The SMILES string of the molecule is CC(C)(C)OC(N)=O.SC1CCC1. The normalized spacial score (nSPS) is 16.6. The molecule has 0 atom stereocenters. The van der Waals surface area contributed by atoms with E-state index in [1.165, 1.54) is 19.3 Å². The first-order valence-electron chi connectivity index (χ1n) is 4.48. The molecule has 3 nitrogen and oxygen atoms in total. The fraction of sp³-hybridized carbons (Fsp3) is 0.889. The molecule has 1 fully saturated rings. The lowest BCUT2D eigenvalue weighted by atomic mass is 10.0. The van der Waals surface area contributed by atoms with Gasteiger partial charge in [-0.1, -0.05) is 6.42 Å². The number of primary amides is 1. The molecule has 1 aliphatic rings. The quantitative estimate of drug-likeness (QED) is 0.596. The van der Waals surface area contributed by atoms with Crippen molar-refractivity contribution in [1.29, 1.82) is 0 Å². The van der Waals surface area contributed by atoms with E-state index in [1.807, 2.05) is 0 Å². The van der Waals surface area contributed by atoms with Crippen molar-refractivity contribution in [3.8, 4) is 0 Å². The molecule has 0 spiro atoms. The number of thiol groups is 1. The van der Waals surface area contributed by atoms with Crippen molar-refractivity contribution in [3.05, 3.63) is 0 Å². The molecule has 4 heteroatoms. The van der Waals surface area contributed by atoms with Gasteiger partial charge in [0.2, 0.25) is 0 Å². The molecule has 1 saturated carbocycles. The lowest BCUT2D eigenvalue weighted by Gasteiger charge is -2.17. The average Bonchev–Trinajstić information content (AvgIpc) is 1.78. The molecule has 1 rings (SSSR count). The van der Waals surface area contributed by atoms with Crippen LogP contribution in [0, 0.1) is 0 Å². The van der Waals surface area contributed by atoms with Gasteiger partial charge in [-0.2, -0.15) is 12.6 Å². The molecule has 0 saturated heterocycles. The minimum absolute atomic E-state index is 0.453. The van der Waals surface area contributed by atoms with Gasteiger partial charge in [0, 0.05) is 5.25 Å². The predicted molar refractivity (Wildman–Crippen MR) is 57.0 cm³/mol. The smallest absolute Gasteiger partial charge is 0.405 e. The molecule has 78 valence electrons. The van der Waals surface area contributed by atoms with Gasteiger partial charge in [-0.05, 0) is 33.6 Å². The summed E-state index contributed by atoms with van der Waals surface area (Å²) in [6, 6.07) is 0. The summed E-state index contributed by atoms with van der Waals surface area (Å²) in [6.07, 6.45) is 3.39. The van der Waals surface area contributed by atoms with Gasteiger partial charge in [0.1, 0.15) is 5.60 Å². The monoisotopic (exact) mass is 205 g/mol.